The topological polar surface area (TPSA) is 120 Å². The van der Waals surface area contributed by atoms with Crippen molar-refractivity contribution in [2.24, 2.45) is 0 Å². The number of hydrogen-bond acceptors (Lipinski definition) is 7. The van der Waals surface area contributed by atoms with Gasteiger partial charge in [-0.1, -0.05) is 17.2 Å². The normalized spacial score (nSPS) is 11.9. The van der Waals surface area contributed by atoms with Crippen LogP contribution in [0.1, 0.15) is 55.7 Å². The first-order valence-corrected chi connectivity index (χ1v) is 10.7. The second kappa shape index (κ2) is 8.16. The predicted octanol–water partition coefficient (Wildman–Crippen LogP) is 2.87. The van der Waals surface area contributed by atoms with Gasteiger partial charge in [-0.15, -0.1) is 5.10 Å². The summed E-state index contributed by atoms with van der Waals surface area (Å²) in [5.41, 5.74) is 1.06. The second-order valence-corrected chi connectivity index (χ2v) is 9.65. The molecule has 29 heavy (non-hydrogen) atoms. The predicted molar refractivity (Wildman–Crippen MR) is 106 cm³/mol. The van der Waals surface area contributed by atoms with E-state index in [-0.39, 0.29) is 22.6 Å². The summed E-state index contributed by atoms with van der Waals surface area (Å²) in [4.78, 5) is 12.5. The SMILES string of the molecule is CC(C)n1ccc(C(=O)Nc2nnc(Cc3ccc(S(=O)(=O)C(C)C)cc3)o2)n1. The van der Waals surface area contributed by atoms with Gasteiger partial charge in [0, 0.05) is 12.2 Å². The van der Waals surface area contributed by atoms with E-state index in [0.717, 1.165) is 5.56 Å². The second-order valence-electron chi connectivity index (χ2n) is 7.14. The largest absolute Gasteiger partial charge is 0.407 e. The van der Waals surface area contributed by atoms with Crippen molar-refractivity contribution in [3.63, 3.8) is 0 Å². The van der Waals surface area contributed by atoms with Crippen molar-refractivity contribution < 1.29 is 17.6 Å². The van der Waals surface area contributed by atoms with Gasteiger partial charge in [0.25, 0.3) is 5.91 Å². The molecule has 0 fully saturated rings. The van der Waals surface area contributed by atoms with Crippen molar-refractivity contribution in [2.45, 2.75) is 50.3 Å². The van der Waals surface area contributed by atoms with Gasteiger partial charge in [0.2, 0.25) is 5.89 Å². The highest BCUT2D eigenvalue weighted by Gasteiger charge is 2.19. The van der Waals surface area contributed by atoms with Crippen molar-refractivity contribution in [1.29, 1.82) is 0 Å². The Hall–Kier alpha value is -3.01. The van der Waals surface area contributed by atoms with Gasteiger partial charge >= 0.3 is 6.01 Å². The quantitative estimate of drug-likeness (QED) is 0.627. The zero-order valence-corrected chi connectivity index (χ0v) is 17.5. The summed E-state index contributed by atoms with van der Waals surface area (Å²) in [6, 6.07) is 8.27. The van der Waals surface area contributed by atoms with E-state index < -0.39 is 21.0 Å². The monoisotopic (exact) mass is 417 g/mol. The van der Waals surface area contributed by atoms with Gasteiger partial charge in [-0.25, -0.2) is 8.42 Å². The van der Waals surface area contributed by atoms with Crippen LogP contribution >= 0.6 is 0 Å². The van der Waals surface area contributed by atoms with E-state index in [9.17, 15) is 13.2 Å². The molecule has 0 atom stereocenters. The molecule has 1 N–H and O–H groups in total. The number of hydrogen-bond donors (Lipinski definition) is 1. The number of carbonyl (C=O) groups is 1. The van der Waals surface area contributed by atoms with Crippen molar-refractivity contribution >= 4 is 21.8 Å². The van der Waals surface area contributed by atoms with E-state index in [4.69, 9.17) is 4.42 Å². The fraction of sp³-hybridized carbons (Fsp3) is 0.368. The van der Waals surface area contributed by atoms with Gasteiger partial charge < -0.3 is 4.42 Å². The van der Waals surface area contributed by atoms with Crippen LogP contribution in [-0.4, -0.2) is 39.6 Å². The molecule has 3 rings (SSSR count). The molecular weight excluding hydrogens is 394 g/mol. The Bertz CT molecular complexity index is 1100. The molecule has 0 unspecified atom stereocenters. The Labute approximate surface area is 169 Å². The molecule has 10 heteroatoms. The van der Waals surface area contributed by atoms with E-state index >= 15 is 0 Å². The van der Waals surface area contributed by atoms with Gasteiger partial charge in [-0.05, 0) is 51.5 Å². The van der Waals surface area contributed by atoms with Gasteiger partial charge in [0.05, 0.1) is 16.6 Å². The molecule has 0 aliphatic rings. The highest BCUT2D eigenvalue weighted by molar-refractivity contribution is 7.92. The van der Waals surface area contributed by atoms with Gasteiger partial charge in [0.15, 0.2) is 15.5 Å². The molecule has 9 nitrogen and oxygen atoms in total. The molecule has 2 aromatic heterocycles. The van der Waals surface area contributed by atoms with Gasteiger partial charge in [-0.3, -0.25) is 14.8 Å². The number of amides is 1. The molecular formula is C19H23N5O4S. The maximum atomic E-state index is 12.2. The summed E-state index contributed by atoms with van der Waals surface area (Å²) >= 11 is 0. The van der Waals surface area contributed by atoms with E-state index in [1.54, 1.807) is 55.1 Å². The Morgan fingerprint density at radius 2 is 1.79 bits per heavy atom. The van der Waals surface area contributed by atoms with Crippen LogP contribution in [-0.2, 0) is 16.3 Å². The number of benzene rings is 1. The summed E-state index contributed by atoms with van der Waals surface area (Å²) in [5, 5.41) is 14.0. The average molecular weight is 417 g/mol. The van der Waals surface area contributed by atoms with Crippen LogP contribution in [0.5, 0.6) is 0 Å². The molecule has 1 aromatic carbocycles. The number of nitrogens with zero attached hydrogens (tertiary/aromatic N) is 4. The molecule has 3 aromatic rings. The number of sulfone groups is 1. The third-order valence-corrected chi connectivity index (χ3v) is 6.46. The van der Waals surface area contributed by atoms with Crippen LogP contribution in [0.2, 0.25) is 0 Å². The summed E-state index contributed by atoms with van der Waals surface area (Å²) in [6.45, 7) is 7.21. The van der Waals surface area contributed by atoms with E-state index in [2.05, 4.69) is 20.6 Å². The molecule has 0 aliphatic heterocycles. The molecule has 1 amide bonds. The summed E-state index contributed by atoms with van der Waals surface area (Å²) in [6.07, 6.45) is 2.04. The fourth-order valence-corrected chi connectivity index (χ4v) is 3.59. The number of nitrogens with one attached hydrogen (secondary N) is 1. The van der Waals surface area contributed by atoms with Gasteiger partial charge in [0.1, 0.15) is 0 Å². The molecule has 0 radical (unpaired) electrons. The van der Waals surface area contributed by atoms with E-state index in [1.807, 2.05) is 13.8 Å². The molecule has 0 saturated carbocycles. The number of rotatable bonds is 7. The molecule has 0 saturated heterocycles. The number of anilines is 1. The minimum atomic E-state index is -3.31. The van der Waals surface area contributed by atoms with Crippen molar-refractivity contribution in [1.82, 2.24) is 20.0 Å². The zero-order valence-electron chi connectivity index (χ0n) is 16.7. The molecule has 154 valence electrons. The van der Waals surface area contributed by atoms with E-state index in [0.29, 0.717) is 12.3 Å². The fourth-order valence-electron chi connectivity index (χ4n) is 2.53. The van der Waals surface area contributed by atoms with Crippen molar-refractivity contribution in [3.8, 4) is 0 Å². The van der Waals surface area contributed by atoms with Crippen LogP contribution in [0, 0.1) is 0 Å². The first-order valence-electron chi connectivity index (χ1n) is 9.18. The highest BCUT2D eigenvalue weighted by Crippen LogP contribution is 2.18. The lowest BCUT2D eigenvalue weighted by Crippen LogP contribution is -2.14. The van der Waals surface area contributed by atoms with Gasteiger partial charge in [-0.2, -0.15) is 5.10 Å². The lowest BCUT2D eigenvalue weighted by atomic mass is 10.1. The summed E-state index contributed by atoms with van der Waals surface area (Å²) < 4.78 is 31.5. The first-order chi connectivity index (χ1) is 13.7. The number of carbonyl (C=O) groups excluding carboxylic acids is 1. The van der Waals surface area contributed by atoms with Crippen molar-refractivity contribution in [3.05, 3.63) is 53.7 Å². The van der Waals surface area contributed by atoms with Crippen molar-refractivity contribution in [2.75, 3.05) is 5.32 Å². The Kier molecular flexibility index (Phi) is 5.83. The van der Waals surface area contributed by atoms with Crippen LogP contribution < -0.4 is 5.32 Å². The molecule has 2 heterocycles. The van der Waals surface area contributed by atoms with Crippen LogP contribution in [0.15, 0.2) is 45.8 Å². The standard InChI is InChI=1S/C19H23N5O4S/c1-12(2)24-10-9-16(23-24)18(25)20-19-22-21-17(28-19)11-14-5-7-15(8-6-14)29(26,27)13(3)4/h5-10,12-13H,11H2,1-4H3,(H,20,22,25). The van der Waals surface area contributed by atoms with Crippen LogP contribution in [0.25, 0.3) is 0 Å². The molecule has 0 spiro atoms. The highest BCUT2D eigenvalue weighted by atomic mass is 32.2. The lowest BCUT2D eigenvalue weighted by Gasteiger charge is -2.08. The molecule has 0 aliphatic carbocycles. The van der Waals surface area contributed by atoms with E-state index in [1.165, 1.54) is 0 Å². The maximum absolute atomic E-state index is 12.2. The Balaban J connectivity index is 1.65. The lowest BCUT2D eigenvalue weighted by molar-refractivity contribution is 0.101. The van der Waals surface area contributed by atoms with Crippen LogP contribution in [0.4, 0.5) is 6.01 Å². The first kappa shape index (κ1) is 20.7. The maximum Gasteiger partial charge on any atom is 0.322 e. The Morgan fingerprint density at radius 1 is 1.10 bits per heavy atom. The Morgan fingerprint density at radius 3 is 2.38 bits per heavy atom. The summed E-state index contributed by atoms with van der Waals surface area (Å²) in [5.74, 6) is -0.143. The molecule has 0 bridgehead atoms. The minimum Gasteiger partial charge on any atom is -0.407 e. The number of aromatic nitrogens is 4. The average Bonchev–Trinajstić information content (AvgIpc) is 3.32. The third kappa shape index (κ3) is 4.70. The van der Waals surface area contributed by atoms with Crippen LogP contribution in [0.3, 0.4) is 0 Å². The third-order valence-electron chi connectivity index (χ3n) is 4.29. The zero-order chi connectivity index (χ0) is 21.2. The summed E-state index contributed by atoms with van der Waals surface area (Å²) in [7, 11) is -3.31. The minimum absolute atomic E-state index is 0.0249. The smallest absolute Gasteiger partial charge is 0.322 e.